The van der Waals surface area contributed by atoms with Crippen LogP contribution in [0.5, 0.6) is 0 Å². The molecule has 0 amide bonds. The van der Waals surface area contributed by atoms with E-state index in [1.165, 1.54) is 4.88 Å². The number of aromatic amines is 1. The van der Waals surface area contributed by atoms with Gasteiger partial charge in [-0.2, -0.15) is 0 Å². The Hall–Kier alpha value is -0.940. The molecule has 0 saturated carbocycles. The summed E-state index contributed by atoms with van der Waals surface area (Å²) in [6, 6.07) is 1.99. The molecule has 0 atom stereocenters. The van der Waals surface area contributed by atoms with Crippen molar-refractivity contribution in [3.63, 3.8) is 0 Å². The van der Waals surface area contributed by atoms with Gasteiger partial charge in [-0.1, -0.05) is 6.92 Å². The van der Waals surface area contributed by atoms with Crippen LogP contribution in [0.2, 0.25) is 0 Å². The molecule has 0 radical (unpaired) electrons. The van der Waals surface area contributed by atoms with Gasteiger partial charge in [0.1, 0.15) is 0 Å². The summed E-state index contributed by atoms with van der Waals surface area (Å²) in [4.78, 5) is 21.3. The molecule has 0 aliphatic heterocycles. The second-order valence-corrected chi connectivity index (χ2v) is 5.97. The van der Waals surface area contributed by atoms with E-state index in [1.807, 2.05) is 26.8 Å². The van der Waals surface area contributed by atoms with E-state index in [1.54, 1.807) is 11.3 Å². The molecular formula is C12H13BrN2OS. The van der Waals surface area contributed by atoms with Crippen LogP contribution in [0.4, 0.5) is 0 Å². The summed E-state index contributed by atoms with van der Waals surface area (Å²) in [5.74, 6) is 0.663. The minimum absolute atomic E-state index is 0.0472. The molecule has 17 heavy (non-hydrogen) atoms. The Morgan fingerprint density at radius 3 is 2.71 bits per heavy atom. The Morgan fingerprint density at radius 2 is 2.18 bits per heavy atom. The first-order valence-electron chi connectivity index (χ1n) is 5.39. The van der Waals surface area contributed by atoms with Gasteiger partial charge in [0.05, 0.1) is 10.6 Å². The molecule has 0 spiro atoms. The summed E-state index contributed by atoms with van der Waals surface area (Å²) in [6.07, 6.45) is 0.772. The zero-order chi connectivity index (χ0) is 12.6. The summed E-state index contributed by atoms with van der Waals surface area (Å²) in [5, 5.41) is 0. The number of aryl methyl sites for hydroxylation is 2. The van der Waals surface area contributed by atoms with Gasteiger partial charge in [0, 0.05) is 14.9 Å². The molecule has 0 bridgehead atoms. The molecule has 0 aromatic carbocycles. The van der Waals surface area contributed by atoms with Gasteiger partial charge in [0.15, 0.2) is 5.82 Å². The minimum atomic E-state index is -0.0472. The standard InChI is InChI=1S/C12H13BrN2OS/c1-4-9-6(2)12(16)15-11(14-9)10-5-8(13)7(3)17-10/h5H,4H2,1-3H3,(H,14,15,16). The van der Waals surface area contributed by atoms with Gasteiger partial charge >= 0.3 is 0 Å². The average Bonchev–Trinajstić information content (AvgIpc) is 2.63. The smallest absolute Gasteiger partial charge is 0.254 e. The molecule has 2 rings (SSSR count). The molecule has 0 aliphatic rings. The molecule has 2 aromatic rings. The lowest BCUT2D eigenvalue weighted by Crippen LogP contribution is -2.15. The maximum absolute atomic E-state index is 11.8. The van der Waals surface area contributed by atoms with Crippen molar-refractivity contribution in [1.29, 1.82) is 0 Å². The number of rotatable bonds is 2. The Kier molecular flexibility index (Phi) is 3.49. The summed E-state index contributed by atoms with van der Waals surface area (Å²) in [6.45, 7) is 5.85. The van der Waals surface area contributed by atoms with E-state index in [0.717, 1.165) is 21.5 Å². The van der Waals surface area contributed by atoms with Crippen molar-refractivity contribution >= 4 is 27.3 Å². The summed E-state index contributed by atoms with van der Waals surface area (Å²) in [7, 11) is 0. The number of hydrogen-bond donors (Lipinski definition) is 1. The van der Waals surface area contributed by atoms with E-state index in [-0.39, 0.29) is 5.56 Å². The number of halogens is 1. The molecule has 1 N–H and O–H groups in total. The monoisotopic (exact) mass is 312 g/mol. The van der Waals surface area contributed by atoms with E-state index in [9.17, 15) is 4.79 Å². The lowest BCUT2D eigenvalue weighted by molar-refractivity contribution is 0.957. The van der Waals surface area contributed by atoms with Crippen molar-refractivity contribution in [2.24, 2.45) is 0 Å². The molecule has 0 aliphatic carbocycles. The normalized spacial score (nSPS) is 10.8. The van der Waals surface area contributed by atoms with E-state index in [4.69, 9.17) is 0 Å². The number of thiophene rings is 1. The molecule has 0 unspecified atom stereocenters. The highest BCUT2D eigenvalue weighted by molar-refractivity contribution is 9.10. The Bertz CT molecular complexity index is 596. The molecule has 3 nitrogen and oxygen atoms in total. The highest BCUT2D eigenvalue weighted by atomic mass is 79.9. The second-order valence-electron chi connectivity index (χ2n) is 3.85. The van der Waals surface area contributed by atoms with Crippen LogP contribution in [0.3, 0.4) is 0 Å². The summed E-state index contributed by atoms with van der Waals surface area (Å²) >= 11 is 5.09. The van der Waals surface area contributed by atoms with E-state index >= 15 is 0 Å². The fourth-order valence-corrected chi connectivity index (χ4v) is 3.10. The van der Waals surface area contributed by atoms with Crippen LogP contribution in [0.25, 0.3) is 10.7 Å². The SMILES string of the molecule is CCc1nc(-c2cc(Br)c(C)s2)[nH]c(=O)c1C. The van der Waals surface area contributed by atoms with Gasteiger partial charge in [-0.25, -0.2) is 4.98 Å². The molecule has 90 valence electrons. The maximum Gasteiger partial charge on any atom is 0.254 e. The lowest BCUT2D eigenvalue weighted by atomic mass is 10.2. The Labute approximate surface area is 112 Å². The van der Waals surface area contributed by atoms with Crippen molar-refractivity contribution in [2.75, 3.05) is 0 Å². The van der Waals surface area contributed by atoms with Gasteiger partial charge in [0.25, 0.3) is 5.56 Å². The molecule has 2 heterocycles. The maximum atomic E-state index is 11.8. The van der Waals surface area contributed by atoms with Crippen molar-refractivity contribution in [3.05, 3.63) is 37.0 Å². The number of nitrogens with zero attached hydrogens (tertiary/aromatic N) is 1. The second kappa shape index (κ2) is 4.74. The van der Waals surface area contributed by atoms with Gasteiger partial charge in [-0.15, -0.1) is 11.3 Å². The van der Waals surface area contributed by atoms with Gasteiger partial charge in [0.2, 0.25) is 0 Å². The number of nitrogens with one attached hydrogen (secondary N) is 1. The zero-order valence-corrected chi connectivity index (χ0v) is 12.3. The largest absolute Gasteiger partial charge is 0.306 e. The molecule has 2 aromatic heterocycles. The van der Waals surface area contributed by atoms with Crippen LogP contribution in [-0.2, 0) is 6.42 Å². The van der Waals surface area contributed by atoms with Crippen LogP contribution in [0.1, 0.15) is 23.1 Å². The van der Waals surface area contributed by atoms with Crippen molar-refractivity contribution in [1.82, 2.24) is 9.97 Å². The quantitative estimate of drug-likeness (QED) is 0.923. The van der Waals surface area contributed by atoms with Crippen molar-refractivity contribution in [2.45, 2.75) is 27.2 Å². The zero-order valence-electron chi connectivity index (χ0n) is 9.93. The predicted octanol–water partition coefficient (Wildman–Crippen LogP) is 3.44. The third-order valence-electron chi connectivity index (χ3n) is 2.68. The Morgan fingerprint density at radius 1 is 1.47 bits per heavy atom. The molecular weight excluding hydrogens is 300 g/mol. The predicted molar refractivity (Wildman–Crippen MR) is 74.7 cm³/mol. The summed E-state index contributed by atoms with van der Waals surface area (Å²) < 4.78 is 1.05. The minimum Gasteiger partial charge on any atom is -0.306 e. The third kappa shape index (κ3) is 2.35. The highest BCUT2D eigenvalue weighted by Crippen LogP contribution is 2.31. The molecule has 0 saturated heterocycles. The van der Waals surface area contributed by atoms with E-state index < -0.39 is 0 Å². The number of aromatic nitrogens is 2. The Balaban J connectivity index is 2.60. The highest BCUT2D eigenvalue weighted by Gasteiger charge is 2.11. The molecule has 5 heteroatoms. The topological polar surface area (TPSA) is 45.8 Å². The average molecular weight is 313 g/mol. The van der Waals surface area contributed by atoms with Crippen LogP contribution in [0.15, 0.2) is 15.3 Å². The van der Waals surface area contributed by atoms with E-state index in [2.05, 4.69) is 25.9 Å². The van der Waals surface area contributed by atoms with Crippen LogP contribution < -0.4 is 5.56 Å². The van der Waals surface area contributed by atoms with Gasteiger partial charge < -0.3 is 4.98 Å². The summed E-state index contributed by atoms with van der Waals surface area (Å²) in [5.41, 5.74) is 1.53. The number of hydrogen-bond acceptors (Lipinski definition) is 3. The first kappa shape index (κ1) is 12.5. The number of H-pyrrole nitrogens is 1. The lowest BCUT2D eigenvalue weighted by Gasteiger charge is -2.03. The van der Waals surface area contributed by atoms with Crippen LogP contribution in [0, 0.1) is 13.8 Å². The molecule has 0 fully saturated rings. The fourth-order valence-electron chi connectivity index (χ4n) is 1.62. The van der Waals surface area contributed by atoms with Gasteiger partial charge in [-0.05, 0) is 42.3 Å². The van der Waals surface area contributed by atoms with Crippen molar-refractivity contribution in [3.8, 4) is 10.7 Å². The first-order chi connectivity index (χ1) is 8.02. The first-order valence-corrected chi connectivity index (χ1v) is 7.00. The van der Waals surface area contributed by atoms with Crippen molar-refractivity contribution < 1.29 is 0 Å². The van der Waals surface area contributed by atoms with Crippen LogP contribution in [-0.4, -0.2) is 9.97 Å². The van der Waals surface area contributed by atoms with Gasteiger partial charge in [-0.3, -0.25) is 4.79 Å². The van der Waals surface area contributed by atoms with E-state index in [0.29, 0.717) is 11.4 Å². The van der Waals surface area contributed by atoms with Crippen LogP contribution >= 0.6 is 27.3 Å². The third-order valence-corrected chi connectivity index (χ3v) is 4.82. The fraction of sp³-hybridized carbons (Fsp3) is 0.333.